The van der Waals surface area contributed by atoms with Gasteiger partial charge >= 0.3 is 5.97 Å². The van der Waals surface area contributed by atoms with Gasteiger partial charge in [-0.25, -0.2) is 4.79 Å². The van der Waals surface area contributed by atoms with Crippen LogP contribution in [0, 0.1) is 0 Å². The van der Waals surface area contributed by atoms with Gasteiger partial charge < -0.3 is 58.7 Å². The highest BCUT2D eigenvalue weighted by Gasteiger charge is 2.41. The van der Waals surface area contributed by atoms with Gasteiger partial charge in [-0.3, -0.25) is 29.3 Å². The molecule has 2 fully saturated rings. The molecule has 0 radical (unpaired) electrons. The van der Waals surface area contributed by atoms with Crippen molar-refractivity contribution >= 4 is 41.2 Å². The Hall–Kier alpha value is -7.54. The lowest BCUT2D eigenvalue weighted by atomic mass is 9.91. The lowest BCUT2D eigenvalue weighted by molar-refractivity contribution is -0.162. The molecule has 3 heterocycles. The van der Waals surface area contributed by atoms with Crippen LogP contribution in [0.2, 0.25) is 0 Å². The average Bonchev–Trinajstić information content (AvgIpc) is 3.86. The molecular weight excluding hydrogens is 1000 g/mol. The van der Waals surface area contributed by atoms with E-state index in [0.717, 1.165) is 50.5 Å². The number of methoxy groups -OCH3 is 5. The molecule has 2 saturated heterocycles. The molecule has 0 aromatic heterocycles. The molecule has 78 heavy (non-hydrogen) atoms. The second-order valence-corrected chi connectivity index (χ2v) is 19.8. The van der Waals surface area contributed by atoms with Gasteiger partial charge in [-0.05, 0) is 129 Å². The van der Waals surface area contributed by atoms with Crippen molar-refractivity contribution in [2.24, 2.45) is 0 Å². The van der Waals surface area contributed by atoms with Crippen molar-refractivity contribution in [2.45, 2.75) is 134 Å². The molecule has 420 valence electrons. The van der Waals surface area contributed by atoms with E-state index in [-0.39, 0.29) is 49.6 Å². The Morgan fingerprint density at radius 1 is 0.769 bits per heavy atom. The van der Waals surface area contributed by atoms with Crippen LogP contribution in [-0.4, -0.2) is 124 Å². The van der Waals surface area contributed by atoms with Crippen LogP contribution >= 0.6 is 0 Å². The predicted molar refractivity (Wildman–Crippen MR) is 290 cm³/mol. The number of nitrogens with one attached hydrogen (secondary N) is 3. The number of hydrogen-bond donors (Lipinski definition) is 4. The number of piperidine rings is 2. The van der Waals surface area contributed by atoms with E-state index < -0.39 is 42.2 Å². The molecule has 7 rings (SSSR count). The van der Waals surface area contributed by atoms with Crippen molar-refractivity contribution in [3.63, 3.8) is 0 Å². The topological polar surface area (TPSA) is 230 Å². The molecule has 0 aliphatic carbocycles. The number of carbonyl (C=O) groups is 6. The second-order valence-electron chi connectivity index (χ2n) is 19.8. The van der Waals surface area contributed by atoms with Gasteiger partial charge in [0.2, 0.25) is 23.5 Å². The molecule has 2 unspecified atom stereocenters. The largest absolute Gasteiger partial charge is 0.493 e. The third-order valence-electron chi connectivity index (χ3n) is 14.7. The highest BCUT2D eigenvalue weighted by atomic mass is 16.5. The van der Waals surface area contributed by atoms with Gasteiger partial charge in [-0.1, -0.05) is 50.5 Å². The number of aryl methyl sites for hydroxylation is 1. The zero-order chi connectivity index (χ0) is 55.7. The number of anilines is 1. The number of fused-ring (bicyclic) bond motifs is 1. The van der Waals surface area contributed by atoms with Crippen molar-refractivity contribution in [3.8, 4) is 34.5 Å². The SMILES string of the molecule is CC[C@H](C(=O)N1CCCC[C@H]1C(=O)O[C@H](CCc1ccc(OC)c(OC)c1)c1cccc(OCC(=O)NCCCCCCCC(O)Nc2cccc3c2CN(C2CCC(=O)NC2=O)C3=O)c1)c1cc(OC)c(OC)c(OC)c1. The molecule has 19 heteroatoms. The van der Waals surface area contributed by atoms with Crippen LogP contribution in [0.4, 0.5) is 5.69 Å². The number of amides is 5. The Balaban J connectivity index is 0.897. The van der Waals surface area contributed by atoms with Gasteiger partial charge in [0.05, 0.1) is 41.5 Å². The number of rotatable bonds is 28. The smallest absolute Gasteiger partial charge is 0.329 e. The minimum absolute atomic E-state index is 0.174. The van der Waals surface area contributed by atoms with Gasteiger partial charge in [-0.15, -0.1) is 0 Å². The summed E-state index contributed by atoms with van der Waals surface area (Å²) in [4.78, 5) is 82.5. The Labute approximate surface area is 456 Å². The summed E-state index contributed by atoms with van der Waals surface area (Å²) in [5.74, 6) is 0.223. The summed E-state index contributed by atoms with van der Waals surface area (Å²) >= 11 is 0. The fourth-order valence-electron chi connectivity index (χ4n) is 10.5. The maximum atomic E-state index is 14.5. The van der Waals surface area contributed by atoms with Gasteiger partial charge in [0.25, 0.3) is 11.8 Å². The number of esters is 1. The number of carbonyl (C=O) groups excluding carboxylic acids is 6. The Morgan fingerprint density at radius 2 is 1.50 bits per heavy atom. The number of nitrogens with zero attached hydrogens (tertiary/aromatic N) is 2. The number of ether oxygens (including phenoxy) is 7. The van der Waals surface area contributed by atoms with E-state index in [4.69, 9.17) is 33.2 Å². The average molecular weight is 1080 g/mol. The third kappa shape index (κ3) is 14.5. The Bertz CT molecular complexity index is 2730. The minimum Gasteiger partial charge on any atom is -0.493 e. The number of hydrogen-bond acceptors (Lipinski definition) is 15. The molecule has 19 nitrogen and oxygen atoms in total. The first-order valence-corrected chi connectivity index (χ1v) is 27.0. The van der Waals surface area contributed by atoms with Gasteiger partial charge in [0, 0.05) is 42.9 Å². The molecular formula is C59H75N5O14. The van der Waals surface area contributed by atoms with E-state index in [0.29, 0.717) is 108 Å². The van der Waals surface area contributed by atoms with E-state index in [2.05, 4.69) is 16.0 Å². The van der Waals surface area contributed by atoms with E-state index >= 15 is 0 Å². The van der Waals surface area contributed by atoms with Crippen LogP contribution in [0.5, 0.6) is 34.5 Å². The van der Waals surface area contributed by atoms with Crippen molar-refractivity contribution < 1.29 is 67.0 Å². The lowest BCUT2D eigenvalue weighted by Gasteiger charge is -2.37. The van der Waals surface area contributed by atoms with Gasteiger partial charge in [-0.2, -0.15) is 0 Å². The second kappa shape index (κ2) is 28.2. The van der Waals surface area contributed by atoms with Crippen LogP contribution in [0.1, 0.15) is 135 Å². The molecule has 0 saturated carbocycles. The summed E-state index contributed by atoms with van der Waals surface area (Å²) in [6, 6.07) is 20.1. The maximum Gasteiger partial charge on any atom is 0.329 e. The van der Waals surface area contributed by atoms with E-state index in [1.165, 1.54) is 26.2 Å². The minimum atomic E-state index is -0.839. The van der Waals surface area contributed by atoms with Crippen molar-refractivity contribution in [1.82, 2.24) is 20.4 Å². The van der Waals surface area contributed by atoms with Crippen molar-refractivity contribution in [2.75, 3.05) is 60.6 Å². The number of aliphatic hydroxyl groups is 1. The third-order valence-corrected chi connectivity index (χ3v) is 14.7. The number of imide groups is 1. The molecule has 0 bridgehead atoms. The number of unbranched alkanes of at least 4 members (excludes halogenated alkanes) is 4. The van der Waals surface area contributed by atoms with E-state index in [9.17, 15) is 33.9 Å². The summed E-state index contributed by atoms with van der Waals surface area (Å²) in [5, 5.41) is 19.2. The zero-order valence-electron chi connectivity index (χ0n) is 45.7. The molecule has 4 aromatic carbocycles. The quantitative estimate of drug-likeness (QED) is 0.0186. The molecule has 4 aromatic rings. The van der Waals surface area contributed by atoms with Gasteiger partial charge in [0.1, 0.15) is 30.2 Å². The normalized spacial score (nSPS) is 17.2. The van der Waals surface area contributed by atoms with Crippen molar-refractivity contribution in [3.05, 3.63) is 101 Å². The highest BCUT2D eigenvalue weighted by Crippen LogP contribution is 2.42. The zero-order valence-corrected chi connectivity index (χ0v) is 45.7. The predicted octanol–water partition coefficient (Wildman–Crippen LogP) is 7.55. The van der Waals surface area contributed by atoms with Crippen LogP contribution in [0.3, 0.4) is 0 Å². The first-order valence-electron chi connectivity index (χ1n) is 27.0. The van der Waals surface area contributed by atoms with Crippen LogP contribution in [0.15, 0.2) is 72.8 Å². The lowest BCUT2D eigenvalue weighted by Crippen LogP contribution is -2.52. The maximum absolute atomic E-state index is 14.5. The standard InChI is InChI=1S/C59H75N5O14/c1-7-41(39-33-50(74-4)55(76-6)51(34-39)75-5)57(69)63-30-14-12-21-46(63)59(71)78-47(26-23-37-24-27-48(72-2)49(31-37)73-3)38-17-15-18-40(32-38)77-36-54(67)60-29-13-10-8-9-11-22-52(65)61-44-20-16-19-42-43(44)35-64(58(42)70)45-25-28-53(66)62-56(45)68/h15-20,24,27,31-34,41,45-47,52,61,65H,7-14,21-23,25-26,28-30,35-36H2,1-6H3,(H,60,67)(H,62,66,68)/t41-,45?,46-,47+,52?/m0/s1. The summed E-state index contributed by atoms with van der Waals surface area (Å²) in [7, 11) is 7.73. The first kappa shape index (κ1) is 58.1. The first-order chi connectivity index (χ1) is 37.8. The highest BCUT2D eigenvalue weighted by molar-refractivity contribution is 6.06. The van der Waals surface area contributed by atoms with Crippen LogP contribution in [-0.2, 0) is 41.7 Å². The molecule has 5 amide bonds. The number of benzene rings is 4. The summed E-state index contributed by atoms with van der Waals surface area (Å²) in [5.41, 5.74) is 4.11. The van der Waals surface area contributed by atoms with E-state index in [1.54, 1.807) is 67.7 Å². The van der Waals surface area contributed by atoms with E-state index in [1.807, 2.05) is 31.2 Å². The summed E-state index contributed by atoms with van der Waals surface area (Å²) < 4.78 is 40.2. The van der Waals surface area contributed by atoms with Gasteiger partial charge in [0.15, 0.2) is 29.6 Å². The Kier molecular flexibility index (Phi) is 21.0. The van der Waals surface area contributed by atoms with Crippen molar-refractivity contribution in [1.29, 1.82) is 0 Å². The molecule has 3 aliphatic rings. The summed E-state index contributed by atoms with van der Waals surface area (Å²) in [6.07, 6.45) is 6.82. The molecule has 3 aliphatic heterocycles. The molecule has 0 spiro atoms. The van der Waals surface area contributed by atoms with Crippen LogP contribution < -0.4 is 44.4 Å². The van der Waals surface area contributed by atoms with Crippen LogP contribution in [0.25, 0.3) is 0 Å². The fourth-order valence-corrected chi connectivity index (χ4v) is 10.5. The Morgan fingerprint density at radius 3 is 2.22 bits per heavy atom. The molecule has 5 atom stereocenters. The molecule has 4 N–H and O–H groups in total. The monoisotopic (exact) mass is 1080 g/mol. The number of aliphatic hydroxyl groups excluding tert-OH is 1. The number of likely N-dealkylation sites (tertiary alicyclic amines) is 1. The summed E-state index contributed by atoms with van der Waals surface area (Å²) in [6.45, 7) is 2.78. The fraction of sp³-hybridized carbons (Fsp3) is 0.492.